The summed E-state index contributed by atoms with van der Waals surface area (Å²) in [5, 5.41) is 0. The minimum absolute atomic E-state index is 0. The number of fused-ring (bicyclic) bond motifs is 4. The van der Waals surface area contributed by atoms with E-state index in [0.29, 0.717) is 11.8 Å². The van der Waals surface area contributed by atoms with Crippen LogP contribution in [0.25, 0.3) is 17.2 Å². The van der Waals surface area contributed by atoms with Crippen LogP contribution in [0, 0.1) is 5.92 Å². The molecule has 2 atom stereocenters. The van der Waals surface area contributed by atoms with Crippen LogP contribution >= 0.6 is 0 Å². The van der Waals surface area contributed by atoms with Crippen molar-refractivity contribution in [2.45, 2.75) is 25.7 Å². The maximum Gasteiger partial charge on any atom is 0.00560 e. The molecule has 0 amide bonds. The van der Waals surface area contributed by atoms with Gasteiger partial charge in [0.1, 0.15) is 0 Å². The number of hydrogen-bond acceptors (Lipinski definition) is 0. The van der Waals surface area contributed by atoms with Crippen LogP contribution in [0.15, 0.2) is 72.8 Å². The third-order valence-corrected chi connectivity index (χ3v) is 5.94. The first kappa shape index (κ1) is 17.7. The molecule has 3 aromatic carbocycles. The average molecular weight is 501 g/mol. The zero-order valence-corrected chi connectivity index (χ0v) is 18.7. The first-order valence-corrected chi connectivity index (χ1v) is 9.27. The molecule has 126 valence electrons. The van der Waals surface area contributed by atoms with Gasteiger partial charge in [0, 0.05) is 31.8 Å². The molecule has 0 aliphatic heterocycles. The maximum atomic E-state index is 2.40. The first-order chi connectivity index (χ1) is 12.3. The van der Waals surface area contributed by atoms with E-state index in [4.69, 9.17) is 0 Å². The quantitative estimate of drug-likeness (QED) is 0.292. The minimum Gasteiger partial charge on any atom is -0.0761 e. The normalized spacial score (nSPS) is 17.2. The van der Waals surface area contributed by atoms with Crippen LogP contribution < -0.4 is 0 Å². The Morgan fingerprint density at radius 3 is 2.58 bits per heavy atom. The summed E-state index contributed by atoms with van der Waals surface area (Å²) < 4.78 is 0. The minimum atomic E-state index is 0. The molecule has 5 rings (SSSR count). The van der Waals surface area contributed by atoms with Crippen LogP contribution in [0.4, 0.5) is 0 Å². The second-order valence-electron chi connectivity index (χ2n) is 7.47. The van der Waals surface area contributed by atoms with E-state index in [1.807, 2.05) is 0 Å². The molecule has 0 N–H and O–H groups in total. The van der Waals surface area contributed by atoms with E-state index in [2.05, 4.69) is 85.8 Å². The van der Waals surface area contributed by atoms with Crippen LogP contribution in [-0.2, 0) is 38.7 Å². The largest absolute Gasteiger partial charge is 0.0761 e. The smallest absolute Gasteiger partial charge is 0.00560 e. The summed E-state index contributed by atoms with van der Waals surface area (Å²) in [5.41, 5.74) is 10.3. The van der Waals surface area contributed by atoms with Gasteiger partial charge in [0.15, 0.2) is 0 Å². The van der Waals surface area contributed by atoms with E-state index in [1.165, 1.54) is 33.4 Å². The molecule has 3 aromatic rings. The molecule has 0 nitrogen and oxygen atoms in total. The third kappa shape index (κ3) is 2.87. The van der Waals surface area contributed by atoms with Crippen LogP contribution in [0.5, 0.6) is 0 Å². The molecule has 0 saturated heterocycles. The Morgan fingerprint density at radius 1 is 0.885 bits per heavy atom. The fourth-order valence-corrected chi connectivity index (χ4v) is 4.66. The van der Waals surface area contributed by atoms with Crippen molar-refractivity contribution in [3.63, 3.8) is 0 Å². The number of rotatable bonds is 3. The van der Waals surface area contributed by atoms with Gasteiger partial charge < -0.3 is 0 Å². The van der Waals surface area contributed by atoms with Crippen molar-refractivity contribution in [3.05, 3.63) is 101 Å². The topological polar surface area (TPSA) is 0 Å². The SMILES string of the molecule is CC(Cc1cccc2c1Cc1ccccc1-2)C1C=Cc2ccccc21.[Hf]. The van der Waals surface area contributed by atoms with E-state index in [0.717, 1.165) is 12.8 Å². The Kier molecular flexibility index (Phi) is 4.84. The third-order valence-electron chi connectivity index (χ3n) is 5.94. The summed E-state index contributed by atoms with van der Waals surface area (Å²) in [4.78, 5) is 0. The van der Waals surface area contributed by atoms with Gasteiger partial charge in [-0.2, -0.15) is 0 Å². The second-order valence-corrected chi connectivity index (χ2v) is 7.47. The Bertz CT molecular complexity index is 983. The van der Waals surface area contributed by atoms with E-state index >= 15 is 0 Å². The summed E-state index contributed by atoms with van der Waals surface area (Å²) in [5.74, 6) is 1.14. The Morgan fingerprint density at radius 2 is 1.65 bits per heavy atom. The van der Waals surface area contributed by atoms with Gasteiger partial charge >= 0.3 is 0 Å². The van der Waals surface area contributed by atoms with Gasteiger partial charge in [0.05, 0.1) is 0 Å². The molecule has 0 radical (unpaired) electrons. The number of allylic oxidation sites excluding steroid dienone is 1. The van der Waals surface area contributed by atoms with E-state index < -0.39 is 0 Å². The molecule has 0 spiro atoms. The van der Waals surface area contributed by atoms with Crippen molar-refractivity contribution in [2.24, 2.45) is 5.92 Å². The molecule has 0 aromatic heterocycles. The number of hydrogen-bond donors (Lipinski definition) is 0. The van der Waals surface area contributed by atoms with Gasteiger partial charge in [-0.3, -0.25) is 0 Å². The summed E-state index contributed by atoms with van der Waals surface area (Å²) in [6.07, 6.45) is 6.92. The summed E-state index contributed by atoms with van der Waals surface area (Å²) >= 11 is 0. The van der Waals surface area contributed by atoms with Crippen LogP contribution in [0.1, 0.15) is 40.7 Å². The van der Waals surface area contributed by atoms with Gasteiger partial charge in [-0.05, 0) is 57.7 Å². The standard InChI is InChI=1S/C25H22.Hf/c1-17(21-14-13-18-7-2-4-10-22(18)21)15-19-9-6-12-24-23-11-5-3-8-20(23)16-25(19)24;/h2-14,17,21H,15-16H2,1H3;. The predicted octanol–water partition coefficient (Wildman–Crippen LogP) is 6.24. The molecule has 26 heavy (non-hydrogen) atoms. The fraction of sp³-hybridized carbons (Fsp3) is 0.200. The maximum absolute atomic E-state index is 2.40. The van der Waals surface area contributed by atoms with E-state index in [9.17, 15) is 0 Å². The van der Waals surface area contributed by atoms with Crippen molar-refractivity contribution < 1.29 is 25.8 Å². The molecule has 2 aliphatic carbocycles. The average Bonchev–Trinajstić information content (AvgIpc) is 3.24. The molecule has 0 fully saturated rings. The Hall–Kier alpha value is -1.73. The van der Waals surface area contributed by atoms with Crippen LogP contribution in [0.2, 0.25) is 0 Å². The van der Waals surface area contributed by atoms with Gasteiger partial charge in [0.2, 0.25) is 0 Å². The molecular formula is C25H22Hf. The first-order valence-electron chi connectivity index (χ1n) is 9.27. The van der Waals surface area contributed by atoms with E-state index in [-0.39, 0.29) is 25.8 Å². The summed E-state index contributed by atoms with van der Waals surface area (Å²) in [7, 11) is 0. The molecule has 0 bridgehead atoms. The van der Waals surface area contributed by atoms with Gasteiger partial charge in [-0.25, -0.2) is 0 Å². The van der Waals surface area contributed by atoms with Crippen LogP contribution in [0.3, 0.4) is 0 Å². The predicted molar refractivity (Wildman–Crippen MR) is 106 cm³/mol. The molecule has 1 heteroatoms. The van der Waals surface area contributed by atoms with Crippen molar-refractivity contribution in [2.75, 3.05) is 0 Å². The van der Waals surface area contributed by atoms with Gasteiger partial charge in [-0.15, -0.1) is 0 Å². The van der Waals surface area contributed by atoms with Crippen molar-refractivity contribution in [1.82, 2.24) is 0 Å². The van der Waals surface area contributed by atoms with Crippen molar-refractivity contribution >= 4 is 6.08 Å². The molecule has 0 saturated carbocycles. The van der Waals surface area contributed by atoms with Gasteiger partial charge in [0.25, 0.3) is 0 Å². The fourth-order valence-electron chi connectivity index (χ4n) is 4.66. The molecule has 2 aliphatic rings. The molecule has 2 unspecified atom stereocenters. The second kappa shape index (κ2) is 7.12. The summed E-state index contributed by atoms with van der Waals surface area (Å²) in [6, 6.07) is 24.6. The van der Waals surface area contributed by atoms with Gasteiger partial charge in [-0.1, -0.05) is 85.8 Å². The molecular weight excluding hydrogens is 479 g/mol. The van der Waals surface area contributed by atoms with Crippen molar-refractivity contribution in [3.8, 4) is 11.1 Å². The zero-order valence-electron chi connectivity index (χ0n) is 15.1. The Balaban J connectivity index is 0.00000168. The molecule has 0 heterocycles. The van der Waals surface area contributed by atoms with Crippen molar-refractivity contribution in [1.29, 1.82) is 0 Å². The van der Waals surface area contributed by atoms with E-state index in [1.54, 1.807) is 5.56 Å². The zero-order chi connectivity index (χ0) is 16.8. The Labute approximate surface area is 174 Å². The number of benzene rings is 3. The monoisotopic (exact) mass is 502 g/mol. The van der Waals surface area contributed by atoms with Crippen LogP contribution in [-0.4, -0.2) is 0 Å². The summed E-state index contributed by atoms with van der Waals surface area (Å²) in [6.45, 7) is 2.40.